The molecule has 1 heterocycles. The quantitative estimate of drug-likeness (QED) is 0.472. The van der Waals surface area contributed by atoms with E-state index in [2.05, 4.69) is 80.6 Å². The van der Waals surface area contributed by atoms with Crippen molar-refractivity contribution in [2.75, 3.05) is 6.61 Å². The molecule has 2 atom stereocenters. The van der Waals surface area contributed by atoms with Crippen LogP contribution in [-0.4, -0.2) is 28.2 Å². The van der Waals surface area contributed by atoms with Crippen LogP contribution in [0.5, 0.6) is 0 Å². The number of benzene rings is 1. The van der Waals surface area contributed by atoms with Gasteiger partial charge in [0.1, 0.15) is 0 Å². The van der Waals surface area contributed by atoms with E-state index in [0.29, 0.717) is 12.0 Å². The Morgan fingerprint density at radius 1 is 1.15 bits per heavy atom. The molecule has 139 valence electrons. The fraction of sp³-hybridized carbons (Fsp3) is 0.368. The van der Waals surface area contributed by atoms with Crippen LogP contribution < -0.4 is 0 Å². The monoisotopic (exact) mass is 396 g/mol. The zero-order chi connectivity index (χ0) is 19.5. The number of rotatable bonds is 2. The summed E-state index contributed by atoms with van der Waals surface area (Å²) in [5.74, 6) is 0.403. The van der Waals surface area contributed by atoms with Gasteiger partial charge >= 0.3 is 22.6 Å². The normalized spacial score (nSPS) is 19.3. The molecule has 1 aliphatic heterocycles. The van der Waals surface area contributed by atoms with Crippen molar-refractivity contribution < 1.29 is 31.5 Å². The Bertz CT molecular complexity index is 635. The predicted molar refractivity (Wildman–Crippen MR) is 92.5 cm³/mol. The van der Waals surface area contributed by atoms with Gasteiger partial charge in [-0.15, -0.1) is 0 Å². The van der Waals surface area contributed by atoms with Crippen molar-refractivity contribution >= 4 is 0 Å². The summed E-state index contributed by atoms with van der Waals surface area (Å²) in [6, 6.07) is 9.01. The van der Waals surface area contributed by atoms with Crippen LogP contribution in [0.2, 0.25) is 0 Å². The maximum absolute atomic E-state index is 9.70. The molecule has 1 radical (unpaired) electrons. The number of nitrogens with zero attached hydrogens (tertiary/aromatic N) is 2. The molecule has 7 heteroatoms. The van der Waals surface area contributed by atoms with Crippen molar-refractivity contribution in [2.24, 2.45) is 0 Å². The van der Waals surface area contributed by atoms with E-state index in [0.717, 1.165) is 6.54 Å². The van der Waals surface area contributed by atoms with Crippen molar-refractivity contribution in [1.82, 2.24) is 4.90 Å². The average Bonchev–Trinajstić information content (AvgIpc) is 2.72. The summed E-state index contributed by atoms with van der Waals surface area (Å²) in [5, 5.41) is 9.70. The van der Waals surface area contributed by atoms with Gasteiger partial charge in [-0.05, 0) is 25.0 Å². The van der Waals surface area contributed by atoms with E-state index in [1.54, 1.807) is 0 Å². The summed E-state index contributed by atoms with van der Waals surface area (Å²) >= 11 is 0. The summed E-state index contributed by atoms with van der Waals surface area (Å²) < 4.78 is 15.0. The molecule has 1 aromatic carbocycles. The fourth-order valence-electron chi connectivity index (χ4n) is 3.18. The van der Waals surface area contributed by atoms with Crippen LogP contribution >= 0.6 is 0 Å². The fourth-order valence-corrected chi connectivity index (χ4v) is 3.18. The molecule has 0 fully saturated rings. The van der Waals surface area contributed by atoms with Gasteiger partial charge in [0.25, 0.3) is 0 Å². The first-order chi connectivity index (χ1) is 12.1. The topological polar surface area (TPSA) is 103 Å². The van der Waals surface area contributed by atoms with Crippen LogP contribution in [0.1, 0.15) is 30.9 Å². The summed E-state index contributed by atoms with van der Waals surface area (Å²) in [6.07, 6.45) is 8.80. The molecule has 26 heavy (non-hydrogen) atoms. The maximum atomic E-state index is 9.70. The van der Waals surface area contributed by atoms with E-state index in [-0.39, 0.29) is 29.2 Å². The Labute approximate surface area is 164 Å². The Balaban J connectivity index is 0. The van der Waals surface area contributed by atoms with Gasteiger partial charge in [0.2, 0.25) is 0 Å². The number of nitroso groups, excluding NO2 is 1. The molecule has 1 N–H and O–H groups in total. The molecule has 1 aromatic rings. The average molecular weight is 396 g/mol. The molecule has 6 nitrogen and oxygen atoms in total. The minimum atomic E-state index is -0.202. The standard InChI is InChI=1S/C17H21NO.2CO.Mn.NO/c1-17(2,12-19)18-11-13-7-3-4-8-14(13)15-9-5-6-10-16(15)18;2*1-2;;1-2/h3-10,15-16,19H,11-12H2,1-2H3;;;;/q;;;;-1/t15-,16-;;;;/m0..../s1. The molecule has 0 amide bonds. The molecule has 0 unspecified atom stereocenters. The SMILES string of the molecule is CC(C)(CO)N1Cc2ccccc2[C@@H]2C=CC=C[C@@H]21.[C-]#[O+].[C-]#[O+].[Mn].[N-]=O. The summed E-state index contributed by atoms with van der Waals surface area (Å²) in [6.45, 7) is 14.3. The predicted octanol–water partition coefficient (Wildman–Crippen LogP) is 3.10. The molecule has 2 aliphatic rings. The molecule has 0 saturated carbocycles. The zero-order valence-corrected chi connectivity index (χ0v) is 15.8. The molecule has 0 saturated heterocycles. The zero-order valence-electron chi connectivity index (χ0n) is 14.6. The third-order valence-electron chi connectivity index (χ3n) is 4.39. The molecule has 0 bridgehead atoms. The van der Waals surface area contributed by atoms with E-state index in [9.17, 15) is 5.11 Å². The van der Waals surface area contributed by atoms with Crippen LogP contribution in [0.3, 0.4) is 0 Å². The van der Waals surface area contributed by atoms with Crippen molar-refractivity contribution in [3.05, 3.63) is 83.5 Å². The van der Waals surface area contributed by atoms with Gasteiger partial charge < -0.3 is 15.6 Å². The van der Waals surface area contributed by atoms with Gasteiger partial charge in [0.05, 0.1) is 6.61 Å². The van der Waals surface area contributed by atoms with Crippen LogP contribution in [0, 0.1) is 18.2 Å². The van der Waals surface area contributed by atoms with Crippen molar-refractivity contribution in [3.63, 3.8) is 0 Å². The summed E-state index contributed by atoms with van der Waals surface area (Å²) in [5.41, 5.74) is 8.36. The van der Waals surface area contributed by atoms with E-state index < -0.39 is 0 Å². The van der Waals surface area contributed by atoms with E-state index >= 15 is 0 Å². The van der Waals surface area contributed by atoms with Crippen LogP contribution in [0.25, 0.3) is 5.59 Å². The third-order valence-corrected chi connectivity index (χ3v) is 4.39. The maximum Gasteiger partial charge on any atom is 0 e. The second-order valence-corrected chi connectivity index (χ2v) is 6.08. The van der Waals surface area contributed by atoms with Crippen LogP contribution in [-0.2, 0) is 32.9 Å². The van der Waals surface area contributed by atoms with Crippen molar-refractivity contribution in [3.8, 4) is 0 Å². The Morgan fingerprint density at radius 3 is 2.27 bits per heavy atom. The van der Waals surface area contributed by atoms with E-state index in [1.165, 1.54) is 11.1 Å². The number of allylic oxidation sites excluding steroid dienone is 2. The number of hydrogen-bond donors (Lipinski definition) is 1. The van der Waals surface area contributed by atoms with Crippen molar-refractivity contribution in [2.45, 2.75) is 37.9 Å². The van der Waals surface area contributed by atoms with Gasteiger partial charge in [-0.3, -0.25) is 4.90 Å². The Kier molecular flexibility index (Phi) is 13.7. The Morgan fingerprint density at radius 2 is 1.69 bits per heavy atom. The molecule has 0 aromatic heterocycles. The van der Waals surface area contributed by atoms with Gasteiger partial charge in [-0.25, -0.2) is 0 Å². The first-order valence-corrected chi connectivity index (χ1v) is 7.53. The van der Waals surface area contributed by atoms with Gasteiger partial charge in [-0.1, -0.05) is 48.6 Å². The van der Waals surface area contributed by atoms with Gasteiger partial charge in [-0.2, -0.15) is 0 Å². The number of aliphatic hydroxyl groups excluding tert-OH is 1. The van der Waals surface area contributed by atoms with Crippen LogP contribution in [0.4, 0.5) is 0 Å². The molecular weight excluding hydrogens is 375 g/mol. The van der Waals surface area contributed by atoms with E-state index in [4.69, 9.17) is 19.8 Å². The molecule has 3 rings (SSSR count). The molecular formula is C19H21MnN2O4-. The summed E-state index contributed by atoms with van der Waals surface area (Å²) in [4.78, 5) is 9.67. The third kappa shape index (κ3) is 5.89. The first kappa shape index (κ1) is 26.4. The van der Waals surface area contributed by atoms with Gasteiger partial charge in [0, 0.05) is 41.1 Å². The Hall–Kier alpha value is -1.78. The van der Waals surface area contributed by atoms with Crippen molar-refractivity contribution in [1.29, 1.82) is 0 Å². The smallest absolute Gasteiger partial charge is 0 e. The summed E-state index contributed by atoms with van der Waals surface area (Å²) in [7, 11) is 0. The molecule has 1 aliphatic carbocycles. The van der Waals surface area contributed by atoms with Gasteiger partial charge in [0.15, 0.2) is 0 Å². The molecule has 0 spiro atoms. The second-order valence-electron chi connectivity index (χ2n) is 6.08. The first-order valence-electron chi connectivity index (χ1n) is 7.53. The second kappa shape index (κ2) is 13.4. The van der Waals surface area contributed by atoms with Crippen LogP contribution in [0.15, 0.2) is 48.6 Å². The number of hydrogen-bond acceptors (Lipinski definition) is 3. The number of fused-ring (bicyclic) bond motifs is 3. The minimum Gasteiger partial charge on any atom is -0.577 e. The number of aliphatic hydroxyl groups is 1. The largest absolute Gasteiger partial charge is 0.577 e. The van der Waals surface area contributed by atoms with E-state index in [1.807, 2.05) is 0 Å². The minimum absolute atomic E-state index is 0.